The van der Waals surface area contributed by atoms with Crippen molar-refractivity contribution in [2.24, 2.45) is 0 Å². The largest absolute Gasteiger partial charge is 0.495 e. The molecule has 2 fully saturated rings. The van der Waals surface area contributed by atoms with Crippen LogP contribution in [0.3, 0.4) is 0 Å². The van der Waals surface area contributed by atoms with E-state index in [-0.39, 0.29) is 18.0 Å². The molecule has 3 amide bonds. The van der Waals surface area contributed by atoms with Crippen LogP contribution >= 0.6 is 0 Å². The fraction of sp³-hybridized carbons (Fsp3) is 0.556. The van der Waals surface area contributed by atoms with Crippen LogP contribution < -0.4 is 15.4 Å². The molecule has 0 aromatic heterocycles. The van der Waals surface area contributed by atoms with Crippen molar-refractivity contribution in [3.05, 3.63) is 23.8 Å². The van der Waals surface area contributed by atoms with Crippen molar-refractivity contribution in [2.45, 2.75) is 31.8 Å². The number of nitrogens with one attached hydrogen (secondary N) is 2. The predicted molar refractivity (Wildman–Crippen MR) is 94.1 cm³/mol. The highest BCUT2D eigenvalue weighted by atomic mass is 16.5. The van der Waals surface area contributed by atoms with Crippen molar-refractivity contribution in [3.63, 3.8) is 0 Å². The second kappa shape index (κ2) is 8.20. The highest BCUT2D eigenvalue weighted by Crippen LogP contribution is 2.26. The van der Waals surface area contributed by atoms with Crippen molar-refractivity contribution in [2.75, 3.05) is 38.7 Å². The summed E-state index contributed by atoms with van der Waals surface area (Å²) >= 11 is 0. The maximum absolute atomic E-state index is 12.5. The van der Waals surface area contributed by atoms with Crippen molar-refractivity contribution in [3.8, 4) is 5.75 Å². The van der Waals surface area contributed by atoms with Crippen LogP contribution in [0.2, 0.25) is 0 Å². The van der Waals surface area contributed by atoms with Crippen LogP contribution in [0, 0.1) is 0 Å². The van der Waals surface area contributed by atoms with Crippen molar-refractivity contribution < 1.29 is 19.1 Å². The molecule has 0 saturated carbocycles. The number of methoxy groups -OCH3 is 1. The first-order valence-electron chi connectivity index (χ1n) is 8.81. The second-order valence-corrected chi connectivity index (χ2v) is 6.38. The Kier molecular flexibility index (Phi) is 5.75. The zero-order valence-electron chi connectivity index (χ0n) is 14.5. The third kappa shape index (κ3) is 4.42. The fourth-order valence-electron chi connectivity index (χ4n) is 3.22. The summed E-state index contributed by atoms with van der Waals surface area (Å²) in [6, 6.07) is 4.78. The first kappa shape index (κ1) is 17.5. The van der Waals surface area contributed by atoms with Crippen LogP contribution in [0.25, 0.3) is 0 Å². The average molecular weight is 347 g/mol. The minimum absolute atomic E-state index is 0.0111. The monoisotopic (exact) mass is 347 g/mol. The highest BCUT2D eigenvalue weighted by molar-refractivity contribution is 5.98. The van der Waals surface area contributed by atoms with Crippen molar-refractivity contribution in [1.82, 2.24) is 10.2 Å². The lowest BCUT2D eigenvalue weighted by Crippen LogP contribution is -2.35. The number of carbonyl (C=O) groups is 2. The SMILES string of the molecule is COc1ccc(C(=O)N2CCCC2)cc1NC(=O)NCC1CCCO1. The molecule has 2 heterocycles. The summed E-state index contributed by atoms with van der Waals surface area (Å²) in [5.41, 5.74) is 1.04. The normalized spacial score (nSPS) is 19.7. The van der Waals surface area contributed by atoms with Gasteiger partial charge in [-0.05, 0) is 43.9 Å². The van der Waals surface area contributed by atoms with Gasteiger partial charge in [0.05, 0.1) is 18.9 Å². The number of benzene rings is 1. The van der Waals surface area contributed by atoms with E-state index in [0.717, 1.165) is 45.4 Å². The molecule has 0 bridgehead atoms. The van der Waals surface area contributed by atoms with Gasteiger partial charge in [0.1, 0.15) is 5.75 Å². The molecule has 1 aromatic carbocycles. The molecule has 2 aliphatic heterocycles. The molecule has 7 heteroatoms. The number of likely N-dealkylation sites (tertiary alicyclic amines) is 1. The van der Waals surface area contributed by atoms with Gasteiger partial charge in [0.2, 0.25) is 0 Å². The molecule has 1 unspecified atom stereocenters. The van der Waals surface area contributed by atoms with E-state index in [1.807, 2.05) is 4.90 Å². The minimum Gasteiger partial charge on any atom is -0.495 e. The van der Waals surface area contributed by atoms with Crippen molar-refractivity contribution in [1.29, 1.82) is 0 Å². The van der Waals surface area contributed by atoms with E-state index in [4.69, 9.17) is 9.47 Å². The molecule has 0 radical (unpaired) electrons. The summed E-state index contributed by atoms with van der Waals surface area (Å²) in [6.45, 7) is 2.80. The van der Waals surface area contributed by atoms with E-state index in [2.05, 4.69) is 10.6 Å². The van der Waals surface area contributed by atoms with Crippen LogP contribution in [0.15, 0.2) is 18.2 Å². The van der Waals surface area contributed by atoms with Gasteiger partial charge in [-0.25, -0.2) is 4.79 Å². The number of amides is 3. The Morgan fingerprint density at radius 1 is 1.28 bits per heavy atom. The number of hydrogen-bond donors (Lipinski definition) is 2. The number of ether oxygens (including phenoxy) is 2. The summed E-state index contributed by atoms with van der Waals surface area (Å²) in [5.74, 6) is 0.508. The molecule has 2 N–H and O–H groups in total. The van der Waals surface area contributed by atoms with Gasteiger partial charge in [0.15, 0.2) is 0 Å². The van der Waals surface area contributed by atoms with E-state index in [9.17, 15) is 9.59 Å². The molecule has 1 atom stereocenters. The maximum atomic E-state index is 12.5. The Labute approximate surface area is 147 Å². The van der Waals surface area contributed by atoms with Gasteiger partial charge in [0, 0.05) is 31.8 Å². The van der Waals surface area contributed by atoms with Gasteiger partial charge in [-0.2, -0.15) is 0 Å². The van der Waals surface area contributed by atoms with Gasteiger partial charge in [-0.1, -0.05) is 0 Å². The van der Waals surface area contributed by atoms with E-state index in [0.29, 0.717) is 23.5 Å². The van der Waals surface area contributed by atoms with E-state index in [1.54, 1.807) is 18.2 Å². The summed E-state index contributed by atoms with van der Waals surface area (Å²) in [4.78, 5) is 26.5. The van der Waals surface area contributed by atoms with Crippen LogP contribution in [0.1, 0.15) is 36.0 Å². The molecule has 1 aromatic rings. The Bertz CT molecular complexity index is 623. The molecular formula is C18H25N3O4. The van der Waals surface area contributed by atoms with Crippen molar-refractivity contribution >= 4 is 17.6 Å². The molecule has 2 aliphatic rings. The lowest BCUT2D eigenvalue weighted by atomic mass is 10.1. The minimum atomic E-state index is -0.334. The third-order valence-corrected chi connectivity index (χ3v) is 4.60. The third-order valence-electron chi connectivity index (χ3n) is 4.60. The fourth-order valence-corrected chi connectivity index (χ4v) is 3.22. The Morgan fingerprint density at radius 2 is 2.08 bits per heavy atom. The van der Waals surface area contributed by atoms with Gasteiger partial charge in [-0.3, -0.25) is 4.79 Å². The Hall–Kier alpha value is -2.28. The van der Waals surface area contributed by atoms with Gasteiger partial charge in [0.25, 0.3) is 5.91 Å². The summed E-state index contributed by atoms with van der Waals surface area (Å²) in [7, 11) is 1.53. The number of nitrogens with zero attached hydrogens (tertiary/aromatic N) is 1. The van der Waals surface area contributed by atoms with Gasteiger partial charge < -0.3 is 25.0 Å². The highest BCUT2D eigenvalue weighted by Gasteiger charge is 2.21. The predicted octanol–water partition coefficient (Wildman–Crippen LogP) is 2.23. The first-order chi connectivity index (χ1) is 12.2. The van der Waals surface area contributed by atoms with Gasteiger partial charge >= 0.3 is 6.03 Å². The van der Waals surface area contributed by atoms with Crippen LogP contribution in [-0.2, 0) is 4.74 Å². The summed E-state index contributed by atoms with van der Waals surface area (Å²) in [5, 5.41) is 5.57. The van der Waals surface area contributed by atoms with E-state index in [1.165, 1.54) is 7.11 Å². The number of hydrogen-bond acceptors (Lipinski definition) is 4. The quantitative estimate of drug-likeness (QED) is 0.856. The molecule has 136 valence electrons. The maximum Gasteiger partial charge on any atom is 0.319 e. The smallest absolute Gasteiger partial charge is 0.319 e. The molecule has 7 nitrogen and oxygen atoms in total. The molecular weight excluding hydrogens is 322 g/mol. The number of anilines is 1. The number of carbonyl (C=O) groups excluding carboxylic acids is 2. The molecule has 25 heavy (non-hydrogen) atoms. The molecule has 0 aliphatic carbocycles. The van der Waals surface area contributed by atoms with Crippen LogP contribution in [0.4, 0.5) is 10.5 Å². The Morgan fingerprint density at radius 3 is 2.76 bits per heavy atom. The summed E-state index contributed by atoms with van der Waals surface area (Å²) in [6.07, 6.45) is 4.15. The number of urea groups is 1. The molecule has 0 spiro atoms. The van der Waals surface area contributed by atoms with E-state index < -0.39 is 0 Å². The Balaban J connectivity index is 1.64. The lowest BCUT2D eigenvalue weighted by molar-refractivity contribution is 0.0793. The second-order valence-electron chi connectivity index (χ2n) is 6.38. The average Bonchev–Trinajstić information content (AvgIpc) is 3.33. The molecule has 2 saturated heterocycles. The zero-order chi connectivity index (χ0) is 17.6. The standard InChI is InChI=1S/C18H25N3O4/c1-24-16-7-6-13(17(22)21-8-2-3-9-21)11-15(16)20-18(23)19-12-14-5-4-10-25-14/h6-7,11,14H,2-5,8-10,12H2,1H3,(H2,19,20,23). The first-order valence-corrected chi connectivity index (χ1v) is 8.81. The molecule has 3 rings (SSSR count). The van der Waals surface area contributed by atoms with Crippen LogP contribution in [0.5, 0.6) is 5.75 Å². The van der Waals surface area contributed by atoms with E-state index >= 15 is 0 Å². The summed E-state index contributed by atoms with van der Waals surface area (Å²) < 4.78 is 10.8. The zero-order valence-corrected chi connectivity index (χ0v) is 14.5. The number of rotatable bonds is 5. The lowest BCUT2D eigenvalue weighted by Gasteiger charge is -2.17. The topological polar surface area (TPSA) is 79.9 Å². The van der Waals surface area contributed by atoms with Crippen LogP contribution in [-0.4, -0.2) is 56.3 Å². The van der Waals surface area contributed by atoms with Gasteiger partial charge in [-0.15, -0.1) is 0 Å².